The number of carbonyl (C=O) groups is 1. The van der Waals surface area contributed by atoms with Crippen LogP contribution in [-0.2, 0) is 0 Å². The average Bonchev–Trinajstić information content (AvgIpc) is 2.73. The van der Waals surface area contributed by atoms with Gasteiger partial charge in [-0.05, 0) is 17.2 Å². The molecule has 3 rings (SSSR count). The third-order valence-corrected chi connectivity index (χ3v) is 3.69. The number of allylic oxidation sites excluding steroid dienone is 1. The highest BCUT2D eigenvalue weighted by Crippen LogP contribution is 2.42. The topological polar surface area (TPSA) is 20.3 Å². The molecule has 2 aromatic carbocycles. The number of hydrogen-bond donors (Lipinski definition) is 0. The second-order valence-electron chi connectivity index (χ2n) is 5.42. The number of hydrogen-bond acceptors (Lipinski definition) is 2. The third-order valence-electron chi connectivity index (χ3n) is 3.69. The SMILES string of the molecule is CN(C)/C=C1\C(=O)c2c(F)cccc2C1c1ccccc1. The minimum absolute atomic E-state index is 0.202. The molecule has 3 heteroatoms. The van der Waals surface area contributed by atoms with Crippen LogP contribution in [0.1, 0.15) is 27.4 Å². The first kappa shape index (κ1) is 13.6. The second-order valence-corrected chi connectivity index (χ2v) is 5.42. The molecule has 0 saturated carbocycles. The zero-order valence-corrected chi connectivity index (χ0v) is 12.0. The van der Waals surface area contributed by atoms with Crippen molar-refractivity contribution in [1.82, 2.24) is 4.90 Å². The number of nitrogens with zero attached hydrogens (tertiary/aromatic N) is 1. The fourth-order valence-corrected chi connectivity index (χ4v) is 2.88. The molecule has 106 valence electrons. The maximum atomic E-state index is 14.1. The van der Waals surface area contributed by atoms with Gasteiger partial charge in [0.25, 0.3) is 0 Å². The average molecular weight is 281 g/mol. The van der Waals surface area contributed by atoms with Crippen molar-refractivity contribution < 1.29 is 9.18 Å². The van der Waals surface area contributed by atoms with Gasteiger partial charge in [-0.25, -0.2) is 4.39 Å². The van der Waals surface area contributed by atoms with Gasteiger partial charge in [-0.3, -0.25) is 4.79 Å². The van der Waals surface area contributed by atoms with Crippen molar-refractivity contribution in [3.63, 3.8) is 0 Å². The van der Waals surface area contributed by atoms with E-state index in [9.17, 15) is 9.18 Å². The van der Waals surface area contributed by atoms with Gasteiger partial charge in [0.15, 0.2) is 5.78 Å². The molecular formula is C18H16FNO. The standard InChI is InChI=1S/C18H16FNO/c1-20(2)11-14-16(12-7-4-3-5-8-12)13-9-6-10-15(19)17(13)18(14)21/h3-11,16H,1-2H3/b14-11-. The predicted molar refractivity (Wildman–Crippen MR) is 80.8 cm³/mol. The number of ketones is 1. The maximum absolute atomic E-state index is 14.1. The van der Waals surface area contributed by atoms with Crippen LogP contribution in [0.4, 0.5) is 4.39 Å². The van der Waals surface area contributed by atoms with Gasteiger partial charge in [-0.2, -0.15) is 0 Å². The van der Waals surface area contributed by atoms with Crippen molar-refractivity contribution in [3.05, 3.63) is 82.8 Å². The van der Waals surface area contributed by atoms with E-state index in [1.54, 1.807) is 12.3 Å². The van der Waals surface area contributed by atoms with Crippen molar-refractivity contribution in [1.29, 1.82) is 0 Å². The summed E-state index contributed by atoms with van der Waals surface area (Å²) >= 11 is 0. The number of Topliss-reactive ketones (excluding diaryl/α,β-unsaturated/α-hetero) is 1. The summed E-state index contributed by atoms with van der Waals surface area (Å²) in [4.78, 5) is 14.4. The molecule has 0 bridgehead atoms. The van der Waals surface area contributed by atoms with E-state index in [2.05, 4.69) is 0 Å². The zero-order valence-electron chi connectivity index (χ0n) is 12.0. The summed E-state index contributed by atoms with van der Waals surface area (Å²) < 4.78 is 14.1. The largest absolute Gasteiger partial charge is 0.383 e. The number of benzene rings is 2. The number of carbonyl (C=O) groups excluding carboxylic acids is 1. The molecule has 0 aliphatic heterocycles. The minimum Gasteiger partial charge on any atom is -0.383 e. The minimum atomic E-state index is -0.444. The Morgan fingerprint density at radius 1 is 1.05 bits per heavy atom. The Hall–Kier alpha value is -2.42. The Morgan fingerprint density at radius 3 is 2.43 bits per heavy atom. The van der Waals surface area contributed by atoms with Crippen LogP contribution in [0, 0.1) is 5.82 Å². The third kappa shape index (κ3) is 2.25. The molecular weight excluding hydrogens is 265 g/mol. The highest BCUT2D eigenvalue weighted by molar-refractivity contribution is 6.15. The Balaban J connectivity index is 2.24. The highest BCUT2D eigenvalue weighted by atomic mass is 19.1. The molecule has 1 aliphatic rings. The van der Waals surface area contributed by atoms with Crippen LogP contribution in [0.15, 0.2) is 60.3 Å². The molecule has 1 aliphatic carbocycles. The molecule has 2 nitrogen and oxygen atoms in total. The van der Waals surface area contributed by atoms with Gasteiger partial charge in [0.05, 0.1) is 5.56 Å². The van der Waals surface area contributed by atoms with Crippen LogP contribution in [0.3, 0.4) is 0 Å². The van der Waals surface area contributed by atoms with Gasteiger partial charge < -0.3 is 4.90 Å². The molecule has 0 aromatic heterocycles. The number of rotatable bonds is 2. The van der Waals surface area contributed by atoms with E-state index in [4.69, 9.17) is 0 Å². The van der Waals surface area contributed by atoms with Crippen LogP contribution in [0.25, 0.3) is 0 Å². The summed E-state index contributed by atoms with van der Waals surface area (Å²) in [6.07, 6.45) is 1.79. The molecule has 0 fully saturated rings. The summed E-state index contributed by atoms with van der Waals surface area (Å²) in [5, 5.41) is 0. The second kappa shape index (κ2) is 5.17. The van der Waals surface area contributed by atoms with Crippen molar-refractivity contribution in [2.24, 2.45) is 0 Å². The Kier molecular flexibility index (Phi) is 3.34. The van der Waals surface area contributed by atoms with Gasteiger partial charge in [0.2, 0.25) is 0 Å². The number of halogens is 1. The van der Waals surface area contributed by atoms with E-state index >= 15 is 0 Å². The van der Waals surface area contributed by atoms with Crippen molar-refractivity contribution in [2.75, 3.05) is 14.1 Å². The van der Waals surface area contributed by atoms with Crippen LogP contribution >= 0.6 is 0 Å². The van der Waals surface area contributed by atoms with Gasteiger partial charge >= 0.3 is 0 Å². The highest BCUT2D eigenvalue weighted by Gasteiger charge is 2.37. The van der Waals surface area contributed by atoms with Crippen LogP contribution in [-0.4, -0.2) is 24.8 Å². The van der Waals surface area contributed by atoms with E-state index in [0.717, 1.165) is 11.1 Å². The van der Waals surface area contributed by atoms with Crippen LogP contribution < -0.4 is 0 Å². The lowest BCUT2D eigenvalue weighted by Gasteiger charge is -2.15. The predicted octanol–water partition coefficient (Wildman–Crippen LogP) is 3.60. The summed E-state index contributed by atoms with van der Waals surface area (Å²) in [6.45, 7) is 0. The summed E-state index contributed by atoms with van der Waals surface area (Å²) in [7, 11) is 3.73. The summed E-state index contributed by atoms with van der Waals surface area (Å²) in [6, 6.07) is 14.6. The van der Waals surface area contributed by atoms with Gasteiger partial charge in [0, 0.05) is 31.8 Å². The fraction of sp³-hybridized carbons (Fsp3) is 0.167. The molecule has 21 heavy (non-hydrogen) atoms. The first-order valence-corrected chi connectivity index (χ1v) is 6.86. The molecule has 1 atom stereocenters. The Morgan fingerprint density at radius 2 is 1.76 bits per heavy atom. The quantitative estimate of drug-likeness (QED) is 0.784. The first-order valence-electron chi connectivity index (χ1n) is 6.86. The first-order chi connectivity index (χ1) is 10.1. The molecule has 0 N–H and O–H groups in total. The van der Waals surface area contributed by atoms with E-state index in [0.29, 0.717) is 5.57 Å². The lowest BCUT2D eigenvalue weighted by atomic mass is 9.90. The van der Waals surface area contributed by atoms with E-state index in [1.807, 2.05) is 55.4 Å². The van der Waals surface area contributed by atoms with E-state index in [-0.39, 0.29) is 17.3 Å². The number of fused-ring (bicyclic) bond motifs is 1. The zero-order chi connectivity index (χ0) is 15.0. The molecule has 0 amide bonds. The molecule has 2 aromatic rings. The van der Waals surface area contributed by atoms with E-state index in [1.165, 1.54) is 6.07 Å². The van der Waals surface area contributed by atoms with Gasteiger partial charge in [0.1, 0.15) is 5.82 Å². The monoisotopic (exact) mass is 281 g/mol. The summed E-state index contributed by atoms with van der Waals surface area (Å²) in [5.41, 5.74) is 2.58. The molecule has 0 radical (unpaired) electrons. The van der Waals surface area contributed by atoms with Gasteiger partial charge in [-0.15, -0.1) is 0 Å². The lowest BCUT2D eigenvalue weighted by Crippen LogP contribution is -2.09. The van der Waals surface area contributed by atoms with Crippen LogP contribution in [0.5, 0.6) is 0 Å². The summed E-state index contributed by atoms with van der Waals surface area (Å²) in [5.74, 6) is -0.863. The van der Waals surface area contributed by atoms with Gasteiger partial charge in [-0.1, -0.05) is 42.5 Å². The Labute approximate surface area is 123 Å². The van der Waals surface area contributed by atoms with E-state index < -0.39 is 5.82 Å². The maximum Gasteiger partial charge on any atom is 0.194 e. The van der Waals surface area contributed by atoms with Crippen molar-refractivity contribution >= 4 is 5.78 Å². The fourth-order valence-electron chi connectivity index (χ4n) is 2.88. The van der Waals surface area contributed by atoms with Crippen molar-refractivity contribution in [3.8, 4) is 0 Å². The Bertz CT molecular complexity index is 719. The molecule has 0 spiro atoms. The van der Waals surface area contributed by atoms with Crippen LogP contribution in [0.2, 0.25) is 0 Å². The lowest BCUT2D eigenvalue weighted by molar-refractivity contribution is 0.103. The molecule has 0 heterocycles. The molecule has 1 unspecified atom stereocenters. The molecule has 0 saturated heterocycles. The smallest absolute Gasteiger partial charge is 0.194 e. The van der Waals surface area contributed by atoms with Crippen molar-refractivity contribution in [2.45, 2.75) is 5.92 Å². The normalized spacial score (nSPS) is 18.9.